The second-order valence-electron chi connectivity index (χ2n) is 4.51. The summed E-state index contributed by atoms with van der Waals surface area (Å²) >= 11 is -1.59. The van der Waals surface area contributed by atoms with Crippen molar-refractivity contribution in [1.29, 1.82) is 0 Å². The van der Waals surface area contributed by atoms with Gasteiger partial charge in [0.25, 0.3) is 0 Å². The summed E-state index contributed by atoms with van der Waals surface area (Å²) in [5, 5.41) is 0. The van der Waals surface area contributed by atoms with Gasteiger partial charge in [-0.15, -0.1) is 0 Å². The second-order valence-corrected chi connectivity index (χ2v) is 6.42. The van der Waals surface area contributed by atoms with Crippen LogP contribution in [0.2, 0.25) is 0 Å². The lowest BCUT2D eigenvalue weighted by atomic mass is 10.1. The molecule has 1 aromatic rings. The van der Waals surface area contributed by atoms with Gasteiger partial charge in [-0.05, 0) is 32.9 Å². The molecule has 1 aromatic carbocycles. The van der Waals surface area contributed by atoms with E-state index in [-0.39, 0.29) is 11.3 Å². The molecule has 1 atom stereocenters. The van der Waals surface area contributed by atoms with Crippen LogP contribution < -0.4 is 0 Å². The Kier molecular flexibility index (Phi) is 4.65. The number of benzene rings is 1. The molecular formula is C12H15F2NOS. The lowest BCUT2D eigenvalue weighted by Gasteiger charge is -2.19. The lowest BCUT2D eigenvalue weighted by molar-refractivity contribution is 0.557. The van der Waals surface area contributed by atoms with Crippen LogP contribution in [0.3, 0.4) is 0 Å². The first kappa shape index (κ1) is 14.1. The van der Waals surface area contributed by atoms with E-state index in [4.69, 9.17) is 0 Å². The van der Waals surface area contributed by atoms with E-state index in [1.165, 1.54) is 18.2 Å². The number of hydrogen-bond acceptors (Lipinski definition) is 2. The number of nitrogens with zero attached hydrogens (tertiary/aromatic N) is 1. The van der Waals surface area contributed by atoms with Crippen molar-refractivity contribution in [1.82, 2.24) is 0 Å². The van der Waals surface area contributed by atoms with Crippen molar-refractivity contribution >= 4 is 17.1 Å². The van der Waals surface area contributed by atoms with E-state index in [1.807, 2.05) is 0 Å². The van der Waals surface area contributed by atoms with Crippen LogP contribution in [-0.2, 0) is 11.4 Å². The Morgan fingerprint density at radius 1 is 1.35 bits per heavy atom. The van der Waals surface area contributed by atoms with Crippen LogP contribution in [0.4, 0.5) is 8.78 Å². The molecule has 0 spiro atoms. The van der Waals surface area contributed by atoms with E-state index in [9.17, 15) is 13.3 Å². The monoisotopic (exact) mass is 259 g/mol. The van der Waals surface area contributed by atoms with Crippen LogP contribution in [0.1, 0.15) is 26.3 Å². The lowest BCUT2D eigenvalue weighted by Crippen LogP contribution is -2.27. The van der Waals surface area contributed by atoms with Gasteiger partial charge in [-0.2, -0.15) is 0 Å². The Labute approximate surface area is 103 Å². The van der Waals surface area contributed by atoms with Gasteiger partial charge in [-0.25, -0.2) is 8.78 Å². The van der Waals surface area contributed by atoms with Crippen LogP contribution in [0.5, 0.6) is 0 Å². The molecule has 0 amide bonds. The average Bonchev–Trinajstić information content (AvgIpc) is 2.25. The van der Waals surface area contributed by atoms with E-state index in [0.29, 0.717) is 0 Å². The maximum atomic E-state index is 13.4. The van der Waals surface area contributed by atoms with E-state index < -0.39 is 28.6 Å². The number of rotatable bonds is 3. The summed E-state index contributed by atoms with van der Waals surface area (Å²) in [6.07, 6.45) is 0. The van der Waals surface area contributed by atoms with Gasteiger partial charge in [0.15, 0.2) is 0 Å². The van der Waals surface area contributed by atoms with E-state index in [2.05, 4.69) is 4.40 Å². The van der Waals surface area contributed by atoms with Crippen LogP contribution in [0.15, 0.2) is 28.7 Å². The largest absolute Gasteiger partial charge is 0.591 e. The van der Waals surface area contributed by atoms with Gasteiger partial charge in [0.05, 0.1) is 0 Å². The second kappa shape index (κ2) is 5.60. The zero-order valence-electron chi connectivity index (χ0n) is 10.0. The SMILES string of the molecule is CC(C)(C)[S@@+]([O-])/N=C(\CF)c1ccccc1F. The van der Waals surface area contributed by atoms with Crippen molar-refractivity contribution in [3.8, 4) is 0 Å². The molecule has 2 nitrogen and oxygen atoms in total. The number of alkyl halides is 1. The molecule has 0 heterocycles. The minimum atomic E-state index is -1.59. The van der Waals surface area contributed by atoms with Gasteiger partial charge in [-0.3, -0.25) is 0 Å². The quantitative estimate of drug-likeness (QED) is 0.607. The van der Waals surface area contributed by atoms with Crippen molar-refractivity contribution in [3.63, 3.8) is 0 Å². The molecule has 0 aliphatic carbocycles. The molecule has 0 N–H and O–H groups in total. The maximum Gasteiger partial charge on any atom is 0.144 e. The van der Waals surface area contributed by atoms with E-state index in [1.54, 1.807) is 26.8 Å². The molecule has 0 aliphatic heterocycles. The summed E-state index contributed by atoms with van der Waals surface area (Å²) in [5.74, 6) is -0.560. The van der Waals surface area contributed by atoms with Crippen LogP contribution in [0.25, 0.3) is 0 Å². The van der Waals surface area contributed by atoms with Crippen LogP contribution in [-0.4, -0.2) is 21.7 Å². The summed E-state index contributed by atoms with van der Waals surface area (Å²) in [7, 11) is 0. The Balaban J connectivity index is 3.08. The zero-order chi connectivity index (χ0) is 13.1. The van der Waals surface area contributed by atoms with Crippen molar-refractivity contribution in [3.05, 3.63) is 35.6 Å². The third kappa shape index (κ3) is 3.78. The zero-order valence-corrected chi connectivity index (χ0v) is 10.9. The molecule has 0 aliphatic rings. The molecule has 5 heteroatoms. The minimum absolute atomic E-state index is 0.0626. The minimum Gasteiger partial charge on any atom is -0.591 e. The first-order valence-electron chi connectivity index (χ1n) is 5.16. The fraction of sp³-hybridized carbons (Fsp3) is 0.417. The summed E-state index contributed by atoms with van der Waals surface area (Å²) in [6.45, 7) is 4.24. The Morgan fingerprint density at radius 3 is 2.41 bits per heavy atom. The molecule has 1 rings (SSSR count). The van der Waals surface area contributed by atoms with E-state index in [0.717, 1.165) is 0 Å². The Bertz CT molecular complexity index is 415. The molecular weight excluding hydrogens is 244 g/mol. The molecule has 0 fully saturated rings. The molecule has 0 radical (unpaired) electrons. The van der Waals surface area contributed by atoms with Gasteiger partial charge < -0.3 is 4.55 Å². The molecule has 0 aromatic heterocycles. The van der Waals surface area contributed by atoms with Crippen LogP contribution >= 0.6 is 0 Å². The summed E-state index contributed by atoms with van der Waals surface area (Å²) in [5.41, 5.74) is -0.0519. The predicted octanol–water partition coefficient (Wildman–Crippen LogP) is 3.05. The van der Waals surface area contributed by atoms with Crippen molar-refractivity contribution in [2.45, 2.75) is 25.5 Å². The molecule has 0 saturated heterocycles. The van der Waals surface area contributed by atoms with Crippen LogP contribution in [0, 0.1) is 5.82 Å². The Hall–Kier alpha value is -0.940. The third-order valence-electron chi connectivity index (χ3n) is 2.03. The third-order valence-corrected chi connectivity index (χ3v) is 3.46. The molecule has 0 saturated carbocycles. The summed E-state index contributed by atoms with van der Waals surface area (Å²) in [6, 6.07) is 5.74. The van der Waals surface area contributed by atoms with Gasteiger partial charge >= 0.3 is 0 Å². The molecule has 17 heavy (non-hydrogen) atoms. The maximum absolute atomic E-state index is 13.4. The van der Waals surface area contributed by atoms with Gasteiger partial charge in [0.1, 0.15) is 34.3 Å². The summed E-state index contributed by atoms with van der Waals surface area (Å²) in [4.78, 5) is 0. The van der Waals surface area contributed by atoms with Gasteiger partial charge in [0.2, 0.25) is 0 Å². The first-order valence-corrected chi connectivity index (χ1v) is 6.27. The fourth-order valence-electron chi connectivity index (χ4n) is 1.08. The standard InChI is InChI=1S/C12H15F2NOS/c1-12(2,3)17(16)15-11(8-13)9-6-4-5-7-10(9)14/h4-7H,8H2,1-3H3/b15-11+/t17-/m1/s1. The van der Waals surface area contributed by atoms with Gasteiger partial charge in [0, 0.05) is 5.56 Å². The molecule has 0 bridgehead atoms. The van der Waals surface area contributed by atoms with Crippen molar-refractivity contribution in [2.75, 3.05) is 6.67 Å². The molecule has 0 unspecified atom stereocenters. The number of halogens is 2. The highest BCUT2D eigenvalue weighted by molar-refractivity contribution is 7.91. The van der Waals surface area contributed by atoms with Crippen molar-refractivity contribution in [2.24, 2.45) is 4.40 Å². The molecule has 94 valence electrons. The summed E-state index contributed by atoms with van der Waals surface area (Å²) < 4.78 is 41.2. The highest BCUT2D eigenvalue weighted by Gasteiger charge is 2.27. The average molecular weight is 259 g/mol. The fourth-order valence-corrected chi connectivity index (χ4v) is 1.70. The van der Waals surface area contributed by atoms with Gasteiger partial charge in [-0.1, -0.05) is 16.5 Å². The highest BCUT2D eigenvalue weighted by Crippen LogP contribution is 2.19. The topological polar surface area (TPSA) is 35.4 Å². The normalized spacial score (nSPS) is 14.8. The van der Waals surface area contributed by atoms with E-state index >= 15 is 0 Å². The number of hydrogen-bond donors (Lipinski definition) is 0. The highest BCUT2D eigenvalue weighted by atomic mass is 32.2. The predicted molar refractivity (Wildman–Crippen MR) is 66.8 cm³/mol. The smallest absolute Gasteiger partial charge is 0.144 e. The van der Waals surface area contributed by atoms with Crippen molar-refractivity contribution < 1.29 is 13.3 Å². The Morgan fingerprint density at radius 2 is 1.94 bits per heavy atom. The first-order chi connectivity index (χ1) is 7.86.